The zero-order valence-electron chi connectivity index (χ0n) is 15.0. The summed E-state index contributed by atoms with van der Waals surface area (Å²) in [5, 5.41) is 9.63. The van der Waals surface area contributed by atoms with Gasteiger partial charge in [0.05, 0.1) is 12.5 Å². The van der Waals surface area contributed by atoms with Crippen molar-refractivity contribution in [3.05, 3.63) is 91.0 Å². The van der Waals surface area contributed by atoms with Crippen molar-refractivity contribution >= 4 is 17.7 Å². The van der Waals surface area contributed by atoms with Crippen LogP contribution in [-0.2, 0) is 11.3 Å². The monoisotopic (exact) mass is 370 g/mol. The number of anilines is 1. The van der Waals surface area contributed by atoms with Crippen molar-refractivity contribution in [2.45, 2.75) is 6.54 Å². The number of pyridine rings is 1. The van der Waals surface area contributed by atoms with Crippen LogP contribution in [0, 0.1) is 0 Å². The Morgan fingerprint density at radius 1 is 1.11 bits per heavy atom. The minimum Gasteiger partial charge on any atom is -0.333 e. The molecule has 2 N–H and O–H groups in total. The van der Waals surface area contributed by atoms with Gasteiger partial charge in [0.25, 0.3) is 0 Å². The predicted octanol–water partition coefficient (Wildman–Crippen LogP) is 3.37. The summed E-state index contributed by atoms with van der Waals surface area (Å²) in [6.07, 6.45) is 15.7. The fourth-order valence-electron chi connectivity index (χ4n) is 2.83. The third kappa shape index (κ3) is 4.21. The third-order valence-electron chi connectivity index (χ3n) is 4.22. The Labute approximate surface area is 161 Å². The standard InChI is InChI=1S/C21H18N6O/c28-21(6-3-17-11-22-8-7-20(17)18-12-24-25-13-18)26-19-4-1-16(2-5-19)14-27-10-9-23-15-27/h1-13,15H,14H2,(H,24,25)(H,26,28)/b6-3+. The van der Waals surface area contributed by atoms with Gasteiger partial charge >= 0.3 is 0 Å². The average molecular weight is 370 g/mol. The van der Waals surface area contributed by atoms with Crippen molar-refractivity contribution < 1.29 is 4.79 Å². The summed E-state index contributed by atoms with van der Waals surface area (Å²) in [6.45, 7) is 0.742. The highest BCUT2D eigenvalue weighted by atomic mass is 16.1. The van der Waals surface area contributed by atoms with Gasteiger partial charge < -0.3 is 9.88 Å². The SMILES string of the molecule is O=C(/C=C/c1cnccc1-c1cn[nH]c1)Nc1ccc(Cn2ccnc2)cc1. The van der Waals surface area contributed by atoms with Crippen molar-refractivity contribution in [1.82, 2.24) is 24.7 Å². The molecule has 0 aliphatic carbocycles. The number of H-pyrrole nitrogens is 1. The van der Waals surface area contributed by atoms with Crippen LogP contribution in [0.3, 0.4) is 0 Å². The number of aromatic nitrogens is 5. The predicted molar refractivity (Wildman–Crippen MR) is 107 cm³/mol. The van der Waals surface area contributed by atoms with Gasteiger partial charge in [-0.1, -0.05) is 12.1 Å². The lowest BCUT2D eigenvalue weighted by atomic mass is 10.0. The van der Waals surface area contributed by atoms with Gasteiger partial charge in [-0.15, -0.1) is 0 Å². The van der Waals surface area contributed by atoms with E-state index in [-0.39, 0.29) is 5.91 Å². The van der Waals surface area contributed by atoms with E-state index in [1.54, 1.807) is 43.4 Å². The van der Waals surface area contributed by atoms with Gasteiger partial charge in [-0.05, 0) is 35.4 Å². The molecule has 0 atom stereocenters. The van der Waals surface area contributed by atoms with Gasteiger partial charge in [0.15, 0.2) is 0 Å². The summed E-state index contributed by atoms with van der Waals surface area (Å²) in [5.41, 5.74) is 4.61. The van der Waals surface area contributed by atoms with Gasteiger partial charge in [0, 0.05) is 60.4 Å². The number of hydrogen-bond acceptors (Lipinski definition) is 4. The van der Waals surface area contributed by atoms with Crippen LogP contribution in [0.4, 0.5) is 5.69 Å². The zero-order valence-corrected chi connectivity index (χ0v) is 15.0. The van der Waals surface area contributed by atoms with Crippen molar-refractivity contribution in [3.63, 3.8) is 0 Å². The van der Waals surface area contributed by atoms with Crippen LogP contribution in [-0.4, -0.2) is 30.6 Å². The molecule has 1 amide bonds. The molecule has 4 rings (SSSR count). The Hall–Kier alpha value is -4.00. The summed E-state index contributed by atoms with van der Waals surface area (Å²) in [5.74, 6) is -0.204. The summed E-state index contributed by atoms with van der Waals surface area (Å²) < 4.78 is 1.99. The van der Waals surface area contributed by atoms with E-state index >= 15 is 0 Å². The van der Waals surface area contributed by atoms with Gasteiger partial charge in [-0.3, -0.25) is 14.9 Å². The van der Waals surface area contributed by atoms with Crippen LogP contribution in [0.5, 0.6) is 0 Å². The smallest absolute Gasteiger partial charge is 0.248 e. The molecule has 0 unspecified atom stereocenters. The van der Waals surface area contributed by atoms with E-state index in [1.807, 2.05) is 41.1 Å². The Balaban J connectivity index is 1.41. The highest BCUT2D eigenvalue weighted by Gasteiger charge is 2.05. The van der Waals surface area contributed by atoms with Crippen LogP contribution in [0.2, 0.25) is 0 Å². The molecule has 3 aromatic heterocycles. The second-order valence-electron chi connectivity index (χ2n) is 6.20. The van der Waals surface area contributed by atoms with Crippen LogP contribution >= 0.6 is 0 Å². The maximum Gasteiger partial charge on any atom is 0.248 e. The molecule has 0 radical (unpaired) electrons. The fraction of sp³-hybridized carbons (Fsp3) is 0.0476. The molecule has 4 aromatic rings. The number of hydrogen-bond donors (Lipinski definition) is 2. The summed E-state index contributed by atoms with van der Waals surface area (Å²) in [7, 11) is 0. The molecule has 1 aromatic carbocycles. The van der Waals surface area contributed by atoms with E-state index in [9.17, 15) is 4.79 Å². The van der Waals surface area contributed by atoms with Crippen LogP contribution in [0.25, 0.3) is 17.2 Å². The Kier molecular flexibility index (Phi) is 5.06. The molecular formula is C21H18N6O. The van der Waals surface area contributed by atoms with Crippen LogP contribution in [0.1, 0.15) is 11.1 Å². The molecule has 138 valence electrons. The first-order valence-corrected chi connectivity index (χ1v) is 8.75. The molecule has 28 heavy (non-hydrogen) atoms. The van der Waals surface area contributed by atoms with Crippen LogP contribution in [0.15, 0.2) is 79.9 Å². The van der Waals surface area contributed by atoms with Gasteiger partial charge in [0.1, 0.15) is 0 Å². The molecule has 0 saturated heterocycles. The Morgan fingerprint density at radius 2 is 2.00 bits per heavy atom. The summed E-state index contributed by atoms with van der Waals surface area (Å²) in [6, 6.07) is 9.63. The number of nitrogens with zero attached hydrogens (tertiary/aromatic N) is 4. The number of rotatable bonds is 6. The number of nitrogens with one attached hydrogen (secondary N) is 2. The lowest BCUT2D eigenvalue weighted by Crippen LogP contribution is -2.08. The molecule has 3 heterocycles. The minimum absolute atomic E-state index is 0.204. The summed E-state index contributed by atoms with van der Waals surface area (Å²) in [4.78, 5) is 20.4. The highest BCUT2D eigenvalue weighted by molar-refractivity contribution is 6.02. The maximum absolute atomic E-state index is 12.3. The highest BCUT2D eigenvalue weighted by Crippen LogP contribution is 2.22. The van der Waals surface area contributed by atoms with E-state index < -0.39 is 0 Å². The molecule has 0 saturated carbocycles. The molecular weight excluding hydrogens is 352 g/mol. The van der Waals surface area contributed by atoms with Gasteiger partial charge in [-0.2, -0.15) is 5.10 Å². The lowest BCUT2D eigenvalue weighted by molar-refractivity contribution is -0.111. The zero-order chi connectivity index (χ0) is 19.2. The largest absolute Gasteiger partial charge is 0.333 e. The Bertz CT molecular complexity index is 1070. The Morgan fingerprint density at radius 3 is 2.75 bits per heavy atom. The molecule has 7 nitrogen and oxygen atoms in total. The first-order valence-electron chi connectivity index (χ1n) is 8.75. The van der Waals surface area contributed by atoms with E-state index in [1.165, 1.54) is 6.08 Å². The average Bonchev–Trinajstić information content (AvgIpc) is 3.42. The van der Waals surface area contributed by atoms with Gasteiger partial charge in [0.2, 0.25) is 5.91 Å². The first kappa shape index (κ1) is 17.4. The van der Waals surface area contributed by atoms with Gasteiger partial charge in [-0.25, -0.2) is 4.98 Å². The normalized spacial score (nSPS) is 11.0. The minimum atomic E-state index is -0.204. The van der Waals surface area contributed by atoms with E-state index in [2.05, 4.69) is 25.5 Å². The number of carbonyl (C=O) groups excluding carboxylic acids is 1. The molecule has 7 heteroatoms. The number of benzene rings is 1. The third-order valence-corrected chi connectivity index (χ3v) is 4.22. The van der Waals surface area contributed by atoms with Crippen molar-refractivity contribution in [1.29, 1.82) is 0 Å². The second kappa shape index (κ2) is 8.13. The second-order valence-corrected chi connectivity index (χ2v) is 6.20. The molecule has 0 bridgehead atoms. The quantitative estimate of drug-likeness (QED) is 0.509. The van der Waals surface area contributed by atoms with E-state index in [0.29, 0.717) is 0 Å². The molecule has 0 spiro atoms. The number of aromatic amines is 1. The fourth-order valence-corrected chi connectivity index (χ4v) is 2.83. The lowest BCUT2D eigenvalue weighted by Gasteiger charge is -2.06. The van der Waals surface area contributed by atoms with Crippen molar-refractivity contribution in [2.75, 3.05) is 5.32 Å². The first-order chi connectivity index (χ1) is 13.8. The molecule has 0 aliphatic heterocycles. The molecule has 0 fully saturated rings. The van der Waals surface area contributed by atoms with Crippen molar-refractivity contribution in [3.8, 4) is 11.1 Å². The van der Waals surface area contributed by atoms with Crippen LogP contribution < -0.4 is 5.32 Å². The van der Waals surface area contributed by atoms with E-state index in [4.69, 9.17) is 0 Å². The number of carbonyl (C=O) groups is 1. The van der Waals surface area contributed by atoms with Crippen molar-refractivity contribution in [2.24, 2.45) is 0 Å². The van der Waals surface area contributed by atoms with E-state index in [0.717, 1.165) is 34.5 Å². The summed E-state index contributed by atoms with van der Waals surface area (Å²) >= 11 is 0. The number of amides is 1. The topological polar surface area (TPSA) is 88.5 Å². The molecule has 0 aliphatic rings. The number of imidazole rings is 1. The maximum atomic E-state index is 12.3.